The van der Waals surface area contributed by atoms with E-state index in [0.29, 0.717) is 25.3 Å². The van der Waals surface area contributed by atoms with E-state index in [1.807, 2.05) is 6.92 Å². The van der Waals surface area contributed by atoms with Gasteiger partial charge in [-0.2, -0.15) is 4.31 Å². The van der Waals surface area contributed by atoms with Crippen molar-refractivity contribution in [2.24, 2.45) is 0 Å². The Balaban J connectivity index is 1.55. The Labute approximate surface area is 164 Å². The van der Waals surface area contributed by atoms with Crippen LogP contribution in [0.1, 0.15) is 56.1 Å². The third kappa shape index (κ3) is 3.46. The molecule has 2 aromatic rings. The Morgan fingerprint density at radius 3 is 2.71 bits per heavy atom. The number of amides is 1. The van der Waals surface area contributed by atoms with Crippen LogP contribution in [0.3, 0.4) is 0 Å². The molecule has 10 heteroatoms. The molecule has 0 spiro atoms. The minimum absolute atomic E-state index is 0.0326. The molecule has 4 heterocycles. The Morgan fingerprint density at radius 1 is 1.21 bits per heavy atom. The van der Waals surface area contributed by atoms with E-state index in [0.717, 1.165) is 38.5 Å². The highest BCUT2D eigenvalue weighted by Gasteiger charge is 2.33. The number of nitrogens with zero attached hydrogens (tertiary/aromatic N) is 4. The minimum atomic E-state index is -3.60. The summed E-state index contributed by atoms with van der Waals surface area (Å²) in [7, 11) is -3.60. The molecular formula is C18H25N5O4S. The smallest absolute Gasteiger partial charge is 0.311 e. The summed E-state index contributed by atoms with van der Waals surface area (Å²) in [5.74, 6) is -0.248. The number of piperidine rings is 1. The monoisotopic (exact) mass is 407 g/mol. The summed E-state index contributed by atoms with van der Waals surface area (Å²) in [6, 6.07) is 1.53. The number of carbonyl (C=O) groups is 1. The fourth-order valence-corrected chi connectivity index (χ4v) is 5.72. The van der Waals surface area contributed by atoms with Crippen molar-refractivity contribution in [1.82, 2.24) is 24.4 Å². The summed E-state index contributed by atoms with van der Waals surface area (Å²) in [6.45, 7) is 3.93. The van der Waals surface area contributed by atoms with Crippen LogP contribution in [-0.2, 0) is 10.0 Å². The first-order valence-electron chi connectivity index (χ1n) is 9.84. The zero-order valence-electron chi connectivity index (χ0n) is 15.9. The van der Waals surface area contributed by atoms with E-state index in [-0.39, 0.29) is 28.6 Å². The summed E-state index contributed by atoms with van der Waals surface area (Å²) in [4.78, 5) is 17.1. The van der Waals surface area contributed by atoms with Crippen molar-refractivity contribution >= 4 is 15.9 Å². The molecule has 9 nitrogen and oxygen atoms in total. The second-order valence-corrected chi connectivity index (χ2v) is 9.22. The van der Waals surface area contributed by atoms with Gasteiger partial charge < -0.3 is 14.3 Å². The van der Waals surface area contributed by atoms with Crippen molar-refractivity contribution in [2.45, 2.75) is 56.4 Å². The summed E-state index contributed by atoms with van der Waals surface area (Å²) in [5.41, 5.74) is 0.386. The second kappa shape index (κ2) is 7.67. The van der Waals surface area contributed by atoms with Gasteiger partial charge in [0.05, 0.1) is 0 Å². The molecule has 0 aliphatic carbocycles. The van der Waals surface area contributed by atoms with Crippen molar-refractivity contribution in [1.29, 1.82) is 0 Å². The average molecular weight is 407 g/mol. The molecule has 0 unspecified atom stereocenters. The Morgan fingerprint density at radius 2 is 1.96 bits per heavy atom. The number of sulfonamides is 1. The quantitative estimate of drug-likeness (QED) is 0.813. The predicted molar refractivity (Wildman–Crippen MR) is 101 cm³/mol. The van der Waals surface area contributed by atoms with Gasteiger partial charge in [-0.25, -0.2) is 8.42 Å². The third-order valence-electron chi connectivity index (χ3n) is 5.54. The van der Waals surface area contributed by atoms with E-state index >= 15 is 0 Å². The minimum Gasteiger partial charge on any atom is -0.411 e. The van der Waals surface area contributed by atoms with Crippen LogP contribution in [0, 0.1) is 0 Å². The molecule has 1 amide bonds. The molecule has 2 aliphatic heterocycles. The molecule has 0 bridgehead atoms. The van der Waals surface area contributed by atoms with Gasteiger partial charge in [0.2, 0.25) is 10.0 Å². The lowest BCUT2D eigenvalue weighted by Crippen LogP contribution is -2.43. The van der Waals surface area contributed by atoms with E-state index in [4.69, 9.17) is 4.42 Å². The average Bonchev–Trinajstić information content (AvgIpc) is 3.48. The van der Waals surface area contributed by atoms with Gasteiger partial charge in [-0.1, -0.05) is 13.3 Å². The van der Waals surface area contributed by atoms with E-state index in [9.17, 15) is 13.2 Å². The van der Waals surface area contributed by atoms with Crippen LogP contribution >= 0.6 is 0 Å². The first kappa shape index (κ1) is 19.1. The summed E-state index contributed by atoms with van der Waals surface area (Å²) < 4.78 is 33.2. The number of H-pyrrole nitrogens is 1. The number of aromatic nitrogens is 3. The fraction of sp³-hybridized carbons (Fsp3) is 0.611. The van der Waals surface area contributed by atoms with Crippen molar-refractivity contribution in [2.75, 3.05) is 19.6 Å². The van der Waals surface area contributed by atoms with Crippen LogP contribution < -0.4 is 0 Å². The molecule has 0 saturated carbocycles. The van der Waals surface area contributed by atoms with Gasteiger partial charge in [-0.3, -0.25) is 4.79 Å². The van der Waals surface area contributed by atoms with Gasteiger partial charge >= 0.3 is 11.8 Å². The first-order chi connectivity index (χ1) is 13.5. The van der Waals surface area contributed by atoms with Gasteiger partial charge in [0, 0.05) is 31.9 Å². The van der Waals surface area contributed by atoms with E-state index in [1.54, 1.807) is 9.21 Å². The molecule has 2 aromatic heterocycles. The largest absolute Gasteiger partial charge is 0.411 e. The molecule has 1 atom stereocenters. The molecule has 2 aliphatic rings. The van der Waals surface area contributed by atoms with Gasteiger partial charge in [-0.05, 0) is 38.2 Å². The fourth-order valence-electron chi connectivity index (χ4n) is 3.95. The number of hydrogen-bond acceptors (Lipinski definition) is 6. The summed E-state index contributed by atoms with van der Waals surface area (Å²) in [5, 5.41) is 7.75. The van der Waals surface area contributed by atoms with Crippen LogP contribution in [-0.4, -0.2) is 64.4 Å². The summed E-state index contributed by atoms with van der Waals surface area (Å²) >= 11 is 0. The molecule has 2 fully saturated rings. The predicted octanol–water partition coefficient (Wildman–Crippen LogP) is 2.25. The van der Waals surface area contributed by atoms with Crippen molar-refractivity contribution in [3.05, 3.63) is 18.2 Å². The van der Waals surface area contributed by atoms with E-state index < -0.39 is 10.0 Å². The van der Waals surface area contributed by atoms with E-state index in [1.165, 1.54) is 12.3 Å². The van der Waals surface area contributed by atoms with Crippen LogP contribution in [0.5, 0.6) is 0 Å². The second-order valence-electron chi connectivity index (χ2n) is 7.33. The molecular weight excluding hydrogens is 382 g/mol. The van der Waals surface area contributed by atoms with Crippen molar-refractivity contribution in [3.8, 4) is 11.6 Å². The van der Waals surface area contributed by atoms with Crippen LogP contribution in [0.15, 0.2) is 21.6 Å². The third-order valence-corrected chi connectivity index (χ3v) is 7.47. The van der Waals surface area contributed by atoms with Crippen LogP contribution in [0.25, 0.3) is 11.6 Å². The molecule has 0 radical (unpaired) electrons. The van der Waals surface area contributed by atoms with Crippen molar-refractivity contribution < 1.29 is 17.6 Å². The van der Waals surface area contributed by atoms with Crippen molar-refractivity contribution in [3.63, 3.8) is 0 Å². The van der Waals surface area contributed by atoms with Gasteiger partial charge in [0.1, 0.15) is 10.6 Å². The molecule has 4 rings (SSSR count). The Bertz CT molecular complexity index is 945. The number of nitrogens with one attached hydrogen (secondary N) is 1. The Kier molecular flexibility index (Phi) is 5.24. The van der Waals surface area contributed by atoms with Gasteiger partial charge in [0.15, 0.2) is 0 Å². The lowest BCUT2D eigenvalue weighted by Gasteiger charge is -2.33. The molecule has 1 N–H and O–H groups in total. The molecule has 152 valence electrons. The number of aromatic amines is 1. The molecule has 2 saturated heterocycles. The number of hydrogen-bond donors (Lipinski definition) is 1. The standard InChI is InChI=1S/C18H25N5O4S/c1-2-13-7-3-4-10-23(13)28(25,26)14-11-15(19-12-14)16-20-21-17(27-16)18(24)22-8-5-6-9-22/h11-13,19H,2-10H2,1H3/t13-/m0/s1. The number of carbonyl (C=O) groups excluding carboxylic acids is 1. The highest BCUT2D eigenvalue weighted by atomic mass is 32.2. The first-order valence-corrected chi connectivity index (χ1v) is 11.3. The zero-order valence-corrected chi connectivity index (χ0v) is 16.7. The molecule has 28 heavy (non-hydrogen) atoms. The van der Waals surface area contributed by atoms with Gasteiger partial charge in [-0.15, -0.1) is 10.2 Å². The molecule has 0 aromatic carbocycles. The lowest BCUT2D eigenvalue weighted by atomic mass is 10.0. The maximum Gasteiger partial charge on any atom is 0.311 e. The summed E-state index contributed by atoms with van der Waals surface area (Å²) in [6.07, 6.45) is 7.00. The number of rotatable bonds is 5. The highest BCUT2D eigenvalue weighted by molar-refractivity contribution is 7.89. The van der Waals surface area contributed by atoms with Crippen LogP contribution in [0.4, 0.5) is 0 Å². The van der Waals surface area contributed by atoms with Crippen LogP contribution in [0.2, 0.25) is 0 Å². The maximum absolute atomic E-state index is 13.1. The SMILES string of the molecule is CC[C@H]1CCCCN1S(=O)(=O)c1c[nH]c(-c2nnc(C(=O)N3CCCC3)o2)c1. The van der Waals surface area contributed by atoms with Gasteiger partial charge in [0.25, 0.3) is 5.89 Å². The normalized spacial score (nSPS) is 21.3. The highest BCUT2D eigenvalue weighted by Crippen LogP contribution is 2.29. The topological polar surface area (TPSA) is 112 Å². The van der Waals surface area contributed by atoms with E-state index in [2.05, 4.69) is 15.2 Å². The number of likely N-dealkylation sites (tertiary alicyclic amines) is 1. The lowest BCUT2D eigenvalue weighted by molar-refractivity contribution is 0.0754. The maximum atomic E-state index is 13.1. The Hall–Kier alpha value is -2.20. The zero-order chi connectivity index (χ0) is 19.7.